The van der Waals surface area contributed by atoms with E-state index in [1.807, 2.05) is 18.2 Å². The Labute approximate surface area is 102 Å². The van der Waals surface area contributed by atoms with E-state index in [2.05, 4.69) is 18.2 Å². The molecule has 1 aromatic rings. The van der Waals surface area contributed by atoms with Crippen molar-refractivity contribution in [3.05, 3.63) is 42.2 Å². The zero-order valence-corrected chi connectivity index (χ0v) is 10.0. The summed E-state index contributed by atoms with van der Waals surface area (Å²) in [4.78, 5) is 0. The molecule has 3 aliphatic carbocycles. The highest BCUT2D eigenvalue weighted by atomic mass is 16.5. The van der Waals surface area contributed by atoms with Crippen molar-refractivity contribution in [3.8, 4) is 5.75 Å². The van der Waals surface area contributed by atoms with Gasteiger partial charge in [0.2, 0.25) is 0 Å². The molecule has 0 heterocycles. The molecule has 0 aromatic heterocycles. The summed E-state index contributed by atoms with van der Waals surface area (Å²) >= 11 is 0. The molecule has 1 aromatic carbocycles. The minimum Gasteiger partial charge on any atom is -0.462 e. The van der Waals surface area contributed by atoms with Gasteiger partial charge in [0.25, 0.3) is 0 Å². The average molecular weight is 226 g/mol. The van der Waals surface area contributed by atoms with Gasteiger partial charge in [-0.2, -0.15) is 0 Å². The number of fused-ring (bicyclic) bond motifs is 5. The van der Waals surface area contributed by atoms with E-state index in [0.29, 0.717) is 0 Å². The summed E-state index contributed by atoms with van der Waals surface area (Å²) in [6, 6.07) is 10.2. The quantitative estimate of drug-likeness (QED) is 0.740. The van der Waals surface area contributed by atoms with Crippen molar-refractivity contribution >= 4 is 0 Å². The number of para-hydroxylation sites is 1. The first-order valence-electron chi connectivity index (χ1n) is 6.86. The lowest BCUT2D eigenvalue weighted by atomic mass is 9.85. The number of allylic oxidation sites excluding steroid dienone is 2. The molecule has 0 aliphatic heterocycles. The van der Waals surface area contributed by atoms with Crippen LogP contribution in [0.5, 0.6) is 5.75 Å². The molecule has 1 heteroatoms. The van der Waals surface area contributed by atoms with Crippen LogP contribution in [-0.4, -0.2) is 0 Å². The van der Waals surface area contributed by atoms with E-state index in [4.69, 9.17) is 4.74 Å². The van der Waals surface area contributed by atoms with Crippen LogP contribution in [-0.2, 0) is 0 Å². The maximum atomic E-state index is 6.08. The second-order valence-electron chi connectivity index (χ2n) is 5.75. The molecule has 0 radical (unpaired) electrons. The molecule has 0 spiro atoms. The molecule has 2 saturated carbocycles. The molecule has 2 fully saturated rings. The van der Waals surface area contributed by atoms with Gasteiger partial charge in [-0.15, -0.1) is 0 Å². The lowest BCUT2D eigenvalue weighted by Crippen LogP contribution is -2.19. The van der Waals surface area contributed by atoms with E-state index in [-0.39, 0.29) is 0 Å². The maximum absolute atomic E-state index is 6.08. The van der Waals surface area contributed by atoms with Crippen molar-refractivity contribution < 1.29 is 4.74 Å². The summed E-state index contributed by atoms with van der Waals surface area (Å²) in [6.07, 6.45) is 8.11. The molecular weight excluding hydrogens is 208 g/mol. The first-order chi connectivity index (χ1) is 8.42. The van der Waals surface area contributed by atoms with Gasteiger partial charge in [-0.25, -0.2) is 0 Å². The Morgan fingerprint density at radius 2 is 1.82 bits per heavy atom. The first kappa shape index (κ1) is 9.76. The normalized spacial score (nSPS) is 38.0. The Morgan fingerprint density at radius 3 is 2.71 bits per heavy atom. The third-order valence-corrected chi connectivity index (χ3v) is 4.94. The van der Waals surface area contributed by atoms with Crippen LogP contribution in [0, 0.1) is 23.7 Å². The molecule has 88 valence electrons. The van der Waals surface area contributed by atoms with E-state index in [0.717, 1.165) is 29.4 Å². The second kappa shape index (κ2) is 3.63. The smallest absolute Gasteiger partial charge is 0.126 e. The predicted octanol–water partition coefficient (Wildman–Crippen LogP) is 4.02. The maximum Gasteiger partial charge on any atom is 0.126 e. The van der Waals surface area contributed by atoms with Gasteiger partial charge in [0.05, 0.1) is 0 Å². The minimum atomic E-state index is 0.729. The summed E-state index contributed by atoms with van der Waals surface area (Å²) in [7, 11) is 0. The van der Waals surface area contributed by atoms with Crippen LogP contribution in [0.4, 0.5) is 0 Å². The van der Waals surface area contributed by atoms with Gasteiger partial charge in [0.1, 0.15) is 11.5 Å². The van der Waals surface area contributed by atoms with E-state index < -0.39 is 0 Å². The van der Waals surface area contributed by atoms with E-state index in [9.17, 15) is 0 Å². The fraction of sp³-hybridized carbons (Fsp3) is 0.500. The Morgan fingerprint density at radius 1 is 1.00 bits per heavy atom. The van der Waals surface area contributed by atoms with Crippen LogP contribution in [0.3, 0.4) is 0 Å². The molecule has 17 heavy (non-hydrogen) atoms. The van der Waals surface area contributed by atoms with Crippen molar-refractivity contribution in [2.45, 2.75) is 25.7 Å². The number of ether oxygens (including phenoxy) is 1. The molecule has 0 saturated heterocycles. The summed E-state index contributed by atoms with van der Waals surface area (Å²) in [6.45, 7) is 0. The Hall–Kier alpha value is -1.24. The first-order valence-corrected chi connectivity index (χ1v) is 6.86. The number of rotatable bonds is 2. The van der Waals surface area contributed by atoms with Gasteiger partial charge in [0, 0.05) is 5.92 Å². The minimum absolute atomic E-state index is 0.729. The van der Waals surface area contributed by atoms with Crippen LogP contribution in [0.2, 0.25) is 0 Å². The number of hydrogen-bond donors (Lipinski definition) is 0. The summed E-state index contributed by atoms with van der Waals surface area (Å²) in [5, 5.41) is 0. The SMILES string of the molecule is C1=C(Oc2ccccc2)[C@@H]2C[C@H]1[C@H]1CCC[C@@H]12. The zero-order chi connectivity index (χ0) is 11.2. The lowest BCUT2D eigenvalue weighted by Gasteiger charge is -2.25. The molecule has 1 nitrogen and oxygen atoms in total. The van der Waals surface area contributed by atoms with Gasteiger partial charge in [0.15, 0.2) is 0 Å². The van der Waals surface area contributed by atoms with Crippen molar-refractivity contribution in [3.63, 3.8) is 0 Å². The summed E-state index contributed by atoms with van der Waals surface area (Å²) in [5.41, 5.74) is 0. The van der Waals surface area contributed by atoms with Crippen LogP contribution in [0.15, 0.2) is 42.2 Å². The topological polar surface area (TPSA) is 9.23 Å². The molecule has 3 aliphatic rings. The summed E-state index contributed by atoms with van der Waals surface area (Å²) in [5.74, 6) is 5.75. The monoisotopic (exact) mass is 226 g/mol. The van der Waals surface area contributed by atoms with Gasteiger partial charge in [-0.1, -0.05) is 24.6 Å². The van der Waals surface area contributed by atoms with Crippen molar-refractivity contribution in [2.24, 2.45) is 23.7 Å². The molecule has 2 bridgehead atoms. The zero-order valence-electron chi connectivity index (χ0n) is 10.0. The van der Waals surface area contributed by atoms with Gasteiger partial charge in [-0.3, -0.25) is 0 Å². The number of benzene rings is 1. The third kappa shape index (κ3) is 1.45. The highest BCUT2D eigenvalue weighted by Crippen LogP contribution is 2.58. The molecular formula is C16H18O. The Bertz CT molecular complexity index is 448. The van der Waals surface area contributed by atoms with E-state index in [1.54, 1.807) is 0 Å². The predicted molar refractivity (Wildman–Crippen MR) is 67.6 cm³/mol. The van der Waals surface area contributed by atoms with Gasteiger partial charge in [-0.05, 0) is 55.2 Å². The average Bonchev–Trinajstić information content (AvgIpc) is 3.01. The molecule has 0 unspecified atom stereocenters. The van der Waals surface area contributed by atoms with Crippen LogP contribution >= 0.6 is 0 Å². The third-order valence-electron chi connectivity index (χ3n) is 4.94. The fourth-order valence-electron chi connectivity index (χ4n) is 4.28. The van der Waals surface area contributed by atoms with Crippen molar-refractivity contribution in [1.29, 1.82) is 0 Å². The fourth-order valence-corrected chi connectivity index (χ4v) is 4.28. The molecule has 4 atom stereocenters. The molecule has 0 N–H and O–H groups in total. The van der Waals surface area contributed by atoms with E-state index >= 15 is 0 Å². The van der Waals surface area contributed by atoms with Gasteiger partial charge < -0.3 is 4.74 Å². The van der Waals surface area contributed by atoms with Crippen LogP contribution < -0.4 is 4.74 Å². The van der Waals surface area contributed by atoms with Gasteiger partial charge >= 0.3 is 0 Å². The van der Waals surface area contributed by atoms with E-state index in [1.165, 1.54) is 31.4 Å². The highest BCUT2D eigenvalue weighted by molar-refractivity contribution is 5.28. The Kier molecular flexibility index (Phi) is 2.08. The second-order valence-corrected chi connectivity index (χ2v) is 5.75. The molecule has 4 rings (SSSR count). The van der Waals surface area contributed by atoms with Crippen molar-refractivity contribution in [2.75, 3.05) is 0 Å². The van der Waals surface area contributed by atoms with Crippen LogP contribution in [0.1, 0.15) is 25.7 Å². The number of hydrogen-bond acceptors (Lipinski definition) is 1. The Balaban J connectivity index is 1.57. The van der Waals surface area contributed by atoms with Crippen molar-refractivity contribution in [1.82, 2.24) is 0 Å². The molecule has 0 amide bonds. The largest absolute Gasteiger partial charge is 0.462 e. The lowest BCUT2D eigenvalue weighted by molar-refractivity contribution is 0.272. The van der Waals surface area contributed by atoms with Crippen LogP contribution in [0.25, 0.3) is 0 Å². The standard InChI is InChI=1S/C16H18O/c1-2-5-12(6-3-1)17-16-10-11-9-15(16)14-8-4-7-13(11)14/h1-3,5-6,10-11,13-15H,4,7-9H2/t11-,13-,14+,15-/m1/s1. The summed E-state index contributed by atoms with van der Waals surface area (Å²) < 4.78 is 6.08. The highest BCUT2D eigenvalue weighted by Gasteiger charge is 2.50.